The third-order valence-corrected chi connectivity index (χ3v) is 9.12. The van der Waals surface area contributed by atoms with Crippen LogP contribution in [0.5, 0.6) is 0 Å². The second-order valence-corrected chi connectivity index (χ2v) is 14.7. The number of hydrogen-bond acceptors (Lipinski definition) is 8. The normalized spacial score (nSPS) is 14.1. The average Bonchev–Trinajstić information content (AvgIpc) is 3.14. The number of nitrogens with two attached hydrogens (primary N) is 1. The summed E-state index contributed by atoms with van der Waals surface area (Å²) in [5, 5.41) is 0. The molecule has 0 aliphatic rings. The molecule has 0 aliphatic heterocycles. The minimum atomic E-state index is -4.32. The third kappa shape index (κ3) is 39.0. The first-order chi connectivity index (χ1) is 25.8. The minimum absolute atomic E-state index is 0.0127. The van der Waals surface area contributed by atoms with Crippen LogP contribution in [-0.4, -0.2) is 49.1 Å². The number of ether oxygens (including phenoxy) is 2. The highest BCUT2D eigenvalue weighted by Crippen LogP contribution is 2.43. The molecule has 0 bridgehead atoms. The van der Waals surface area contributed by atoms with Crippen molar-refractivity contribution in [2.45, 2.75) is 161 Å². The number of hydrogen-bond donors (Lipinski definition) is 2. The molecular weight excluding hydrogens is 689 g/mol. The topological polar surface area (TPSA) is 134 Å². The largest absolute Gasteiger partial charge is 0.498 e. The van der Waals surface area contributed by atoms with E-state index < -0.39 is 19.9 Å². The number of carbonyl (C=O) groups excluding carboxylic acids is 2. The summed E-state index contributed by atoms with van der Waals surface area (Å²) < 4.78 is 33.0. The van der Waals surface area contributed by atoms with E-state index in [4.69, 9.17) is 24.3 Å². The van der Waals surface area contributed by atoms with Crippen molar-refractivity contribution in [3.05, 3.63) is 73.1 Å². The Bertz CT molecular complexity index is 1100. The van der Waals surface area contributed by atoms with Gasteiger partial charge in [0.2, 0.25) is 0 Å². The Kier molecular flexibility index (Phi) is 37.3. The van der Waals surface area contributed by atoms with Crippen molar-refractivity contribution in [2.24, 2.45) is 5.73 Å². The Hall–Kier alpha value is -2.55. The van der Waals surface area contributed by atoms with Crippen LogP contribution >= 0.6 is 7.82 Å². The van der Waals surface area contributed by atoms with E-state index in [-0.39, 0.29) is 38.6 Å². The molecule has 0 amide bonds. The van der Waals surface area contributed by atoms with Crippen molar-refractivity contribution in [1.29, 1.82) is 0 Å². The van der Waals surface area contributed by atoms with Crippen molar-refractivity contribution in [1.82, 2.24) is 0 Å². The summed E-state index contributed by atoms with van der Waals surface area (Å²) in [6.45, 7) is 3.95. The van der Waals surface area contributed by atoms with Gasteiger partial charge in [0.05, 0.1) is 19.5 Å². The van der Waals surface area contributed by atoms with Crippen LogP contribution in [-0.2, 0) is 32.7 Å². The van der Waals surface area contributed by atoms with Gasteiger partial charge in [-0.25, -0.2) is 4.57 Å². The smallest absolute Gasteiger partial charge is 0.472 e. The van der Waals surface area contributed by atoms with Crippen molar-refractivity contribution in [3.8, 4) is 0 Å². The average molecular weight is 764 g/mol. The Morgan fingerprint density at radius 2 is 1.21 bits per heavy atom. The van der Waals surface area contributed by atoms with Gasteiger partial charge in [-0.3, -0.25) is 18.6 Å². The zero-order valence-electron chi connectivity index (χ0n) is 33.2. The van der Waals surface area contributed by atoms with Crippen molar-refractivity contribution < 1.29 is 37.6 Å². The third-order valence-electron chi connectivity index (χ3n) is 8.14. The number of allylic oxidation sites excluding steroid dienone is 11. The fourth-order valence-electron chi connectivity index (χ4n) is 5.08. The quantitative estimate of drug-likeness (QED) is 0.0120. The summed E-state index contributed by atoms with van der Waals surface area (Å²) in [5.74, 6) is -0.258. The Balaban J connectivity index is 4.29. The number of phosphoric ester groups is 1. The lowest BCUT2D eigenvalue weighted by Gasteiger charge is -2.19. The standard InChI is InChI=1S/C43H74NO8P/c1-3-5-7-8-9-10-11-12-13-14-15-19-22-25-28-32-37-49-39-42(40-51-53(47,48)50-38-36-44)52-43(46)35-31-27-24-21-18-16-17-20-23-26-30-34-41(45)33-29-6-4-2/h10-11,16-17,21,23-24,26,30,32,34,37,42H,3-9,12-15,18-20,22,25,27-29,31,33,35-36,38-40,44H2,1-2H3,(H,47,48)/b11-10-,17-16-,24-21-,26-23-,34-30+,37-32+/t42-/m1/s1. The molecule has 0 aromatic carbocycles. The molecule has 0 saturated heterocycles. The first-order valence-electron chi connectivity index (χ1n) is 20.4. The highest BCUT2D eigenvalue weighted by Gasteiger charge is 2.25. The maximum Gasteiger partial charge on any atom is 0.472 e. The summed E-state index contributed by atoms with van der Waals surface area (Å²) in [6.07, 6.45) is 45.7. The van der Waals surface area contributed by atoms with Gasteiger partial charge in [0.1, 0.15) is 6.61 Å². The van der Waals surface area contributed by atoms with Crippen molar-refractivity contribution in [2.75, 3.05) is 26.4 Å². The van der Waals surface area contributed by atoms with Gasteiger partial charge in [-0.2, -0.15) is 0 Å². The SMILES string of the molecule is CCCCCC/C=C\CCCCCCCC/C=C/OC[C@H](COP(=O)(O)OCCN)OC(=O)CCC/C=C\C/C=C\C/C=C\C=C\C(=O)CCCCC. The van der Waals surface area contributed by atoms with Crippen LogP contribution in [0.25, 0.3) is 0 Å². The molecule has 0 rings (SSSR count). The van der Waals surface area contributed by atoms with Crippen LogP contribution in [0.3, 0.4) is 0 Å². The van der Waals surface area contributed by atoms with Gasteiger partial charge in [-0.05, 0) is 82.8 Å². The van der Waals surface area contributed by atoms with E-state index in [1.54, 1.807) is 18.4 Å². The molecule has 0 aromatic rings. The van der Waals surface area contributed by atoms with Gasteiger partial charge in [-0.15, -0.1) is 0 Å². The van der Waals surface area contributed by atoms with E-state index in [1.165, 1.54) is 70.6 Å². The highest BCUT2D eigenvalue weighted by molar-refractivity contribution is 7.47. The molecule has 0 fully saturated rings. The first-order valence-corrected chi connectivity index (χ1v) is 21.9. The number of carbonyl (C=O) groups is 2. The van der Waals surface area contributed by atoms with Crippen LogP contribution in [0.15, 0.2) is 73.1 Å². The van der Waals surface area contributed by atoms with E-state index in [0.717, 1.165) is 51.4 Å². The van der Waals surface area contributed by atoms with Gasteiger partial charge >= 0.3 is 13.8 Å². The predicted octanol–water partition coefficient (Wildman–Crippen LogP) is 11.5. The van der Waals surface area contributed by atoms with Crippen LogP contribution in [0.4, 0.5) is 0 Å². The number of rotatable bonds is 38. The monoisotopic (exact) mass is 764 g/mol. The zero-order chi connectivity index (χ0) is 38.9. The highest BCUT2D eigenvalue weighted by atomic mass is 31.2. The molecular formula is C43H74NO8P. The van der Waals surface area contributed by atoms with Gasteiger partial charge in [0, 0.05) is 19.4 Å². The van der Waals surface area contributed by atoms with Crippen molar-refractivity contribution in [3.63, 3.8) is 0 Å². The fourth-order valence-corrected chi connectivity index (χ4v) is 5.84. The molecule has 304 valence electrons. The summed E-state index contributed by atoms with van der Waals surface area (Å²) in [7, 11) is -4.32. The molecule has 0 spiro atoms. The molecule has 9 nitrogen and oxygen atoms in total. The summed E-state index contributed by atoms with van der Waals surface area (Å²) in [5.41, 5.74) is 5.34. The van der Waals surface area contributed by atoms with Crippen LogP contribution in [0.2, 0.25) is 0 Å². The number of unbranched alkanes of at least 4 members (excludes halogenated alkanes) is 14. The van der Waals surface area contributed by atoms with Crippen LogP contribution in [0.1, 0.15) is 155 Å². The second kappa shape index (κ2) is 39.2. The van der Waals surface area contributed by atoms with Gasteiger partial charge < -0.3 is 20.1 Å². The minimum Gasteiger partial charge on any atom is -0.498 e. The van der Waals surface area contributed by atoms with E-state index >= 15 is 0 Å². The number of esters is 1. The summed E-state index contributed by atoms with van der Waals surface area (Å²) >= 11 is 0. The fraction of sp³-hybridized carbons (Fsp3) is 0.674. The van der Waals surface area contributed by atoms with E-state index in [1.807, 2.05) is 30.4 Å². The Labute approximate surface area is 322 Å². The van der Waals surface area contributed by atoms with Gasteiger partial charge in [-0.1, -0.05) is 126 Å². The molecule has 0 saturated carbocycles. The van der Waals surface area contributed by atoms with Crippen LogP contribution < -0.4 is 5.73 Å². The summed E-state index contributed by atoms with van der Waals surface area (Å²) in [4.78, 5) is 34.1. The van der Waals surface area contributed by atoms with E-state index in [9.17, 15) is 19.0 Å². The van der Waals surface area contributed by atoms with Crippen LogP contribution in [0, 0.1) is 0 Å². The predicted molar refractivity (Wildman–Crippen MR) is 219 cm³/mol. The van der Waals surface area contributed by atoms with Crippen molar-refractivity contribution >= 4 is 19.6 Å². The lowest BCUT2D eigenvalue weighted by molar-refractivity contribution is -0.153. The maximum atomic E-state index is 12.5. The molecule has 3 N–H and O–H groups in total. The Morgan fingerprint density at radius 3 is 1.89 bits per heavy atom. The molecule has 0 heterocycles. The van der Waals surface area contributed by atoms with Gasteiger partial charge in [0.15, 0.2) is 11.9 Å². The lowest BCUT2D eigenvalue weighted by atomic mass is 10.1. The molecule has 0 aliphatic carbocycles. The van der Waals surface area contributed by atoms with E-state index in [0.29, 0.717) is 12.8 Å². The number of phosphoric acid groups is 1. The van der Waals surface area contributed by atoms with Gasteiger partial charge in [0.25, 0.3) is 0 Å². The lowest BCUT2D eigenvalue weighted by Crippen LogP contribution is -2.27. The molecule has 1 unspecified atom stereocenters. The molecule has 0 radical (unpaired) electrons. The zero-order valence-corrected chi connectivity index (χ0v) is 34.1. The maximum absolute atomic E-state index is 12.5. The number of ketones is 1. The first kappa shape index (κ1) is 50.5. The molecule has 53 heavy (non-hydrogen) atoms. The summed E-state index contributed by atoms with van der Waals surface area (Å²) in [6, 6.07) is 0. The Morgan fingerprint density at radius 1 is 0.642 bits per heavy atom. The van der Waals surface area contributed by atoms with E-state index in [2.05, 4.69) is 38.2 Å². The molecule has 10 heteroatoms. The molecule has 0 aromatic heterocycles. The second-order valence-electron chi connectivity index (χ2n) is 13.2. The molecule has 2 atom stereocenters.